The number of halogens is 2. The Balaban J connectivity index is 1.73. The van der Waals surface area contributed by atoms with E-state index in [0.717, 1.165) is 12.8 Å². The van der Waals surface area contributed by atoms with Crippen molar-refractivity contribution in [2.24, 2.45) is 0 Å². The van der Waals surface area contributed by atoms with Gasteiger partial charge in [0.2, 0.25) is 5.89 Å². The summed E-state index contributed by atoms with van der Waals surface area (Å²) in [5, 5.41) is 4.12. The minimum Gasteiger partial charge on any atom is -0.340 e. The molecule has 3 rings (SSSR count). The fourth-order valence-electron chi connectivity index (χ4n) is 2.83. The van der Waals surface area contributed by atoms with E-state index < -0.39 is 5.82 Å². The summed E-state index contributed by atoms with van der Waals surface area (Å²) in [6.07, 6.45) is 1.44. The molecule has 0 bridgehead atoms. The highest BCUT2D eigenvalue weighted by Crippen LogP contribution is 2.29. The Labute approximate surface area is 138 Å². The van der Waals surface area contributed by atoms with Crippen LogP contribution >= 0.6 is 11.6 Å². The molecule has 0 unspecified atom stereocenters. The number of amides is 1. The first-order valence-corrected chi connectivity index (χ1v) is 7.89. The van der Waals surface area contributed by atoms with Gasteiger partial charge in [-0.2, -0.15) is 4.98 Å². The summed E-state index contributed by atoms with van der Waals surface area (Å²) < 4.78 is 19.0. The minimum atomic E-state index is -0.582. The summed E-state index contributed by atoms with van der Waals surface area (Å²) >= 11 is 6.12. The van der Waals surface area contributed by atoms with Gasteiger partial charge in [0.05, 0.1) is 10.6 Å². The van der Waals surface area contributed by atoms with E-state index in [4.69, 9.17) is 16.1 Å². The number of carbonyl (C=O) groups is 1. The van der Waals surface area contributed by atoms with Crippen LogP contribution < -0.4 is 0 Å². The third kappa shape index (κ3) is 3.08. The maximum Gasteiger partial charge on any atom is 0.258 e. The van der Waals surface area contributed by atoms with Gasteiger partial charge in [-0.3, -0.25) is 4.79 Å². The SMILES string of the molecule is Cc1nc(C2CCN(C(=O)c3c(F)ccc(C)c3Cl)CC2)no1. The normalized spacial score (nSPS) is 15.9. The van der Waals surface area contributed by atoms with Crippen molar-refractivity contribution in [3.63, 3.8) is 0 Å². The van der Waals surface area contributed by atoms with E-state index in [0.29, 0.717) is 30.4 Å². The number of hydrogen-bond donors (Lipinski definition) is 0. The minimum absolute atomic E-state index is 0.0412. The zero-order valence-electron chi connectivity index (χ0n) is 13.0. The molecule has 1 saturated heterocycles. The number of aromatic nitrogens is 2. The van der Waals surface area contributed by atoms with Crippen molar-refractivity contribution in [2.45, 2.75) is 32.6 Å². The maximum atomic E-state index is 14.0. The van der Waals surface area contributed by atoms with Crippen LogP contribution in [0.15, 0.2) is 16.7 Å². The van der Waals surface area contributed by atoms with Gasteiger partial charge in [0.15, 0.2) is 5.82 Å². The molecule has 7 heteroatoms. The molecule has 0 spiro atoms. The van der Waals surface area contributed by atoms with Gasteiger partial charge >= 0.3 is 0 Å². The Bertz CT molecular complexity index is 739. The van der Waals surface area contributed by atoms with E-state index in [9.17, 15) is 9.18 Å². The van der Waals surface area contributed by atoms with Crippen LogP contribution in [0.2, 0.25) is 5.02 Å². The molecule has 1 aliphatic heterocycles. The molecule has 0 saturated carbocycles. The first-order chi connectivity index (χ1) is 11.0. The topological polar surface area (TPSA) is 59.2 Å². The van der Waals surface area contributed by atoms with Gasteiger partial charge in [0.1, 0.15) is 5.82 Å². The molecule has 122 valence electrons. The average molecular weight is 338 g/mol. The third-order valence-corrected chi connectivity index (χ3v) is 4.68. The van der Waals surface area contributed by atoms with E-state index in [1.807, 2.05) is 0 Å². The Morgan fingerprint density at radius 1 is 1.35 bits per heavy atom. The third-order valence-electron chi connectivity index (χ3n) is 4.19. The Morgan fingerprint density at radius 3 is 2.65 bits per heavy atom. The van der Waals surface area contributed by atoms with Crippen molar-refractivity contribution in [1.82, 2.24) is 15.0 Å². The number of nitrogens with zero attached hydrogens (tertiary/aromatic N) is 3. The van der Waals surface area contributed by atoms with Crippen molar-refractivity contribution in [1.29, 1.82) is 0 Å². The quantitative estimate of drug-likeness (QED) is 0.841. The van der Waals surface area contributed by atoms with Crippen LogP contribution in [0.1, 0.15) is 46.4 Å². The molecule has 1 aliphatic rings. The zero-order chi connectivity index (χ0) is 16.6. The summed E-state index contributed by atoms with van der Waals surface area (Å²) in [6.45, 7) is 4.53. The summed E-state index contributed by atoms with van der Waals surface area (Å²) in [5.74, 6) is 0.427. The molecule has 2 aromatic rings. The van der Waals surface area contributed by atoms with Crippen molar-refractivity contribution < 1.29 is 13.7 Å². The molecule has 23 heavy (non-hydrogen) atoms. The van der Waals surface area contributed by atoms with Gasteiger partial charge in [0.25, 0.3) is 5.91 Å². The Morgan fingerprint density at radius 2 is 2.04 bits per heavy atom. The van der Waals surface area contributed by atoms with E-state index in [-0.39, 0.29) is 22.4 Å². The van der Waals surface area contributed by atoms with E-state index in [1.54, 1.807) is 24.8 Å². The van der Waals surface area contributed by atoms with E-state index in [1.165, 1.54) is 6.07 Å². The zero-order valence-corrected chi connectivity index (χ0v) is 13.7. The predicted molar refractivity (Wildman–Crippen MR) is 83.1 cm³/mol. The highest BCUT2D eigenvalue weighted by atomic mass is 35.5. The number of rotatable bonds is 2. The predicted octanol–water partition coefficient (Wildman–Crippen LogP) is 3.50. The number of likely N-dealkylation sites (tertiary alicyclic amines) is 1. The fraction of sp³-hybridized carbons (Fsp3) is 0.438. The maximum absolute atomic E-state index is 14.0. The molecule has 0 atom stereocenters. The monoisotopic (exact) mass is 337 g/mol. The second kappa shape index (κ2) is 6.28. The molecular weight excluding hydrogens is 321 g/mol. The summed E-state index contributed by atoms with van der Waals surface area (Å²) in [5.41, 5.74) is 0.647. The first-order valence-electron chi connectivity index (χ1n) is 7.51. The number of carbonyl (C=O) groups excluding carboxylic acids is 1. The molecular formula is C16H17ClFN3O2. The summed E-state index contributed by atoms with van der Waals surface area (Å²) in [6, 6.07) is 2.85. The van der Waals surface area contributed by atoms with Crippen LogP contribution in [0.3, 0.4) is 0 Å². The van der Waals surface area contributed by atoms with Crippen LogP contribution in [-0.2, 0) is 0 Å². The van der Waals surface area contributed by atoms with Gasteiger partial charge in [-0.05, 0) is 31.4 Å². The van der Waals surface area contributed by atoms with Crippen LogP contribution in [0.4, 0.5) is 4.39 Å². The number of hydrogen-bond acceptors (Lipinski definition) is 4. The lowest BCUT2D eigenvalue weighted by Gasteiger charge is -2.31. The molecule has 0 aliphatic carbocycles. The molecule has 0 N–H and O–H groups in total. The standard InChI is InChI=1S/C16H17ClFN3O2/c1-9-3-4-12(18)13(14(9)17)16(22)21-7-5-11(6-8-21)15-19-10(2)23-20-15/h3-4,11H,5-8H2,1-2H3. The molecule has 1 fully saturated rings. The van der Waals surface area contributed by atoms with E-state index in [2.05, 4.69) is 10.1 Å². The fourth-order valence-corrected chi connectivity index (χ4v) is 3.07. The lowest BCUT2D eigenvalue weighted by molar-refractivity contribution is 0.0706. The van der Waals surface area contributed by atoms with Gasteiger partial charge in [0, 0.05) is 25.9 Å². The second-order valence-electron chi connectivity index (χ2n) is 5.79. The highest BCUT2D eigenvalue weighted by molar-refractivity contribution is 6.34. The Hall–Kier alpha value is -1.95. The van der Waals surface area contributed by atoms with Crippen LogP contribution in [0.25, 0.3) is 0 Å². The van der Waals surface area contributed by atoms with Crippen molar-refractivity contribution in [2.75, 3.05) is 13.1 Å². The second-order valence-corrected chi connectivity index (χ2v) is 6.17. The van der Waals surface area contributed by atoms with Gasteiger partial charge in [-0.1, -0.05) is 22.8 Å². The van der Waals surface area contributed by atoms with Gasteiger partial charge in [-0.25, -0.2) is 4.39 Å². The smallest absolute Gasteiger partial charge is 0.258 e. The number of benzene rings is 1. The molecule has 2 heterocycles. The lowest BCUT2D eigenvalue weighted by atomic mass is 9.95. The van der Waals surface area contributed by atoms with Gasteiger partial charge < -0.3 is 9.42 Å². The Kier molecular flexibility index (Phi) is 4.35. The molecule has 5 nitrogen and oxygen atoms in total. The number of aryl methyl sites for hydroxylation is 2. The van der Waals surface area contributed by atoms with Gasteiger partial charge in [-0.15, -0.1) is 0 Å². The average Bonchev–Trinajstić information content (AvgIpc) is 2.98. The van der Waals surface area contributed by atoms with Crippen LogP contribution in [-0.4, -0.2) is 34.0 Å². The van der Waals surface area contributed by atoms with Crippen LogP contribution in [0.5, 0.6) is 0 Å². The molecule has 0 radical (unpaired) electrons. The molecule has 1 aromatic carbocycles. The lowest BCUT2D eigenvalue weighted by Crippen LogP contribution is -2.38. The number of piperidine rings is 1. The summed E-state index contributed by atoms with van der Waals surface area (Å²) in [7, 11) is 0. The van der Waals surface area contributed by atoms with Crippen molar-refractivity contribution in [3.8, 4) is 0 Å². The van der Waals surface area contributed by atoms with E-state index >= 15 is 0 Å². The molecule has 1 aromatic heterocycles. The van der Waals surface area contributed by atoms with Crippen molar-refractivity contribution >= 4 is 17.5 Å². The largest absolute Gasteiger partial charge is 0.340 e. The van der Waals surface area contributed by atoms with Crippen molar-refractivity contribution in [3.05, 3.63) is 45.8 Å². The first kappa shape index (κ1) is 15.9. The molecule has 1 amide bonds. The summed E-state index contributed by atoms with van der Waals surface area (Å²) in [4.78, 5) is 18.5. The van der Waals surface area contributed by atoms with Crippen LogP contribution in [0, 0.1) is 19.7 Å². The highest BCUT2D eigenvalue weighted by Gasteiger charge is 2.29.